The molecule has 3 rings (SSSR count). The summed E-state index contributed by atoms with van der Waals surface area (Å²) < 4.78 is 5.88. The lowest BCUT2D eigenvalue weighted by Crippen LogP contribution is -2.57. The third-order valence-corrected chi connectivity index (χ3v) is 3.95. The van der Waals surface area contributed by atoms with Crippen LogP contribution in [-0.4, -0.2) is 23.1 Å². The Balaban J connectivity index is 1.78. The molecule has 2 aromatic rings. The number of hydrogen-bond donors (Lipinski definition) is 1. The van der Waals surface area contributed by atoms with E-state index in [1.165, 1.54) is 11.6 Å². The van der Waals surface area contributed by atoms with Crippen molar-refractivity contribution in [2.75, 3.05) is 13.2 Å². The highest BCUT2D eigenvalue weighted by Gasteiger charge is 2.34. The third kappa shape index (κ3) is 3.56. The van der Waals surface area contributed by atoms with Crippen LogP contribution in [0.4, 0.5) is 5.69 Å². The molecule has 2 aromatic carbocycles. The Morgan fingerprint density at radius 1 is 1.26 bits per heavy atom. The van der Waals surface area contributed by atoms with Gasteiger partial charge in [-0.2, -0.15) is 0 Å². The molecule has 0 aromatic heterocycles. The molecular weight excluding hydrogens is 294 g/mol. The van der Waals surface area contributed by atoms with E-state index in [4.69, 9.17) is 4.74 Å². The number of nitrogens with one attached hydrogen (secondary N) is 1. The molecule has 0 bridgehead atoms. The molecule has 1 N–H and O–H groups in total. The van der Waals surface area contributed by atoms with Gasteiger partial charge in [-0.25, -0.2) is 10.4 Å². The summed E-state index contributed by atoms with van der Waals surface area (Å²) in [6.45, 7) is 3.94. The van der Waals surface area contributed by atoms with Crippen LogP contribution in [0, 0.1) is 10.1 Å². The van der Waals surface area contributed by atoms with Crippen LogP contribution in [0.2, 0.25) is 0 Å². The van der Waals surface area contributed by atoms with Crippen molar-refractivity contribution < 1.29 is 9.66 Å². The molecule has 0 spiro atoms. The molecule has 0 aliphatic carbocycles. The Kier molecular flexibility index (Phi) is 4.38. The summed E-state index contributed by atoms with van der Waals surface area (Å²) in [7, 11) is 0. The van der Waals surface area contributed by atoms with E-state index >= 15 is 0 Å². The Morgan fingerprint density at radius 3 is 2.78 bits per heavy atom. The molecule has 1 unspecified atom stereocenters. The molecule has 6 heteroatoms. The van der Waals surface area contributed by atoms with E-state index in [2.05, 4.69) is 22.6 Å². The molecule has 6 nitrogen and oxygen atoms in total. The fourth-order valence-electron chi connectivity index (χ4n) is 2.74. The van der Waals surface area contributed by atoms with Gasteiger partial charge in [0.05, 0.1) is 11.5 Å². The summed E-state index contributed by atoms with van der Waals surface area (Å²) in [5, 5.41) is 13.1. The van der Waals surface area contributed by atoms with Gasteiger partial charge in [0, 0.05) is 30.8 Å². The van der Waals surface area contributed by atoms with E-state index in [0.717, 1.165) is 18.7 Å². The molecule has 1 heterocycles. The van der Waals surface area contributed by atoms with Gasteiger partial charge < -0.3 is 4.74 Å². The fourth-order valence-corrected chi connectivity index (χ4v) is 2.74. The molecule has 0 amide bonds. The van der Waals surface area contributed by atoms with Gasteiger partial charge in [-0.05, 0) is 12.5 Å². The number of benzene rings is 2. The van der Waals surface area contributed by atoms with Crippen molar-refractivity contribution in [2.45, 2.75) is 19.2 Å². The van der Waals surface area contributed by atoms with E-state index in [1.807, 2.05) is 31.2 Å². The van der Waals surface area contributed by atoms with Gasteiger partial charge in [-0.1, -0.05) is 42.5 Å². The highest BCUT2D eigenvalue weighted by Crippen LogP contribution is 2.28. The number of nitro groups is 1. The number of nitro benzene ring substituents is 1. The molecule has 0 saturated carbocycles. The first-order valence-electron chi connectivity index (χ1n) is 7.52. The predicted molar refractivity (Wildman–Crippen MR) is 86.4 cm³/mol. The van der Waals surface area contributed by atoms with Crippen LogP contribution >= 0.6 is 0 Å². The largest absolute Gasteiger partial charge is 0.354 e. The summed E-state index contributed by atoms with van der Waals surface area (Å²) in [5.74, 6) is 0. The number of hydrogen-bond acceptors (Lipinski definition) is 5. The summed E-state index contributed by atoms with van der Waals surface area (Å²) in [6, 6.07) is 16.7. The normalized spacial score (nSPS) is 22.0. The van der Waals surface area contributed by atoms with Crippen LogP contribution in [0.5, 0.6) is 0 Å². The maximum absolute atomic E-state index is 11.0. The first-order chi connectivity index (χ1) is 11.1. The second-order valence-electron chi connectivity index (χ2n) is 5.71. The molecular formula is C17H19N3O3. The SMILES string of the molecule is CC1(c2cccc([N+](=O)[O-])c2)NN(Cc2ccccc2)CCO1. The van der Waals surface area contributed by atoms with Gasteiger partial charge in [0.15, 0.2) is 5.72 Å². The van der Waals surface area contributed by atoms with Gasteiger partial charge >= 0.3 is 0 Å². The van der Waals surface area contributed by atoms with E-state index in [0.29, 0.717) is 6.61 Å². The van der Waals surface area contributed by atoms with Crippen molar-refractivity contribution in [3.8, 4) is 0 Å². The van der Waals surface area contributed by atoms with E-state index in [-0.39, 0.29) is 5.69 Å². The number of rotatable bonds is 4. The third-order valence-electron chi connectivity index (χ3n) is 3.95. The summed E-state index contributed by atoms with van der Waals surface area (Å²) in [6.07, 6.45) is 0. The minimum Gasteiger partial charge on any atom is -0.354 e. The van der Waals surface area contributed by atoms with Crippen molar-refractivity contribution >= 4 is 5.69 Å². The minimum atomic E-state index is -0.779. The summed E-state index contributed by atoms with van der Waals surface area (Å²) >= 11 is 0. The minimum absolute atomic E-state index is 0.0642. The van der Waals surface area contributed by atoms with Crippen molar-refractivity contribution in [2.24, 2.45) is 0 Å². The lowest BCUT2D eigenvalue weighted by atomic mass is 10.0. The Hall–Kier alpha value is -2.28. The van der Waals surface area contributed by atoms with Crippen molar-refractivity contribution in [3.63, 3.8) is 0 Å². The summed E-state index contributed by atoms with van der Waals surface area (Å²) in [5.41, 5.74) is 4.57. The molecule has 0 radical (unpaired) electrons. The molecule has 1 saturated heterocycles. The predicted octanol–water partition coefficient (Wildman–Crippen LogP) is 2.80. The van der Waals surface area contributed by atoms with Crippen LogP contribution in [0.25, 0.3) is 0 Å². The van der Waals surface area contributed by atoms with Crippen LogP contribution < -0.4 is 5.43 Å². The second-order valence-corrected chi connectivity index (χ2v) is 5.71. The first-order valence-corrected chi connectivity index (χ1v) is 7.52. The van der Waals surface area contributed by atoms with Crippen LogP contribution in [-0.2, 0) is 17.0 Å². The van der Waals surface area contributed by atoms with Gasteiger partial charge in [-0.3, -0.25) is 10.1 Å². The standard InChI is InChI=1S/C17H19N3O3/c1-17(15-8-5-9-16(12-15)20(21)22)18-19(10-11-23-17)13-14-6-3-2-4-7-14/h2-9,12,18H,10-11,13H2,1H3. The zero-order valence-electron chi connectivity index (χ0n) is 12.9. The molecule has 120 valence electrons. The first kappa shape index (κ1) is 15.6. The smallest absolute Gasteiger partial charge is 0.269 e. The molecule has 1 aliphatic rings. The van der Waals surface area contributed by atoms with Gasteiger partial charge in [0.1, 0.15) is 0 Å². The van der Waals surface area contributed by atoms with Crippen LogP contribution in [0.1, 0.15) is 18.1 Å². The highest BCUT2D eigenvalue weighted by molar-refractivity contribution is 5.36. The average molecular weight is 313 g/mol. The molecule has 1 aliphatic heterocycles. The van der Waals surface area contributed by atoms with Crippen molar-refractivity contribution in [3.05, 3.63) is 75.8 Å². The van der Waals surface area contributed by atoms with E-state index in [1.54, 1.807) is 12.1 Å². The fraction of sp³-hybridized carbons (Fsp3) is 0.294. The van der Waals surface area contributed by atoms with Gasteiger partial charge in [0.25, 0.3) is 5.69 Å². The van der Waals surface area contributed by atoms with Crippen LogP contribution in [0.15, 0.2) is 54.6 Å². The van der Waals surface area contributed by atoms with Crippen molar-refractivity contribution in [1.82, 2.24) is 10.4 Å². The number of nitrogens with zero attached hydrogens (tertiary/aromatic N) is 2. The lowest BCUT2D eigenvalue weighted by molar-refractivity contribution is -0.385. The quantitative estimate of drug-likeness (QED) is 0.694. The summed E-state index contributed by atoms with van der Waals surface area (Å²) in [4.78, 5) is 10.6. The number of ether oxygens (including phenoxy) is 1. The topological polar surface area (TPSA) is 67.6 Å². The Bertz CT molecular complexity index is 692. The number of hydrazine groups is 1. The molecule has 23 heavy (non-hydrogen) atoms. The van der Waals surface area contributed by atoms with Crippen LogP contribution in [0.3, 0.4) is 0 Å². The van der Waals surface area contributed by atoms with Crippen molar-refractivity contribution in [1.29, 1.82) is 0 Å². The van der Waals surface area contributed by atoms with E-state index in [9.17, 15) is 10.1 Å². The zero-order valence-corrected chi connectivity index (χ0v) is 12.9. The highest BCUT2D eigenvalue weighted by atomic mass is 16.6. The zero-order chi connectivity index (χ0) is 16.3. The van der Waals surface area contributed by atoms with Gasteiger partial charge in [-0.15, -0.1) is 0 Å². The lowest BCUT2D eigenvalue weighted by Gasteiger charge is -2.41. The number of non-ortho nitro benzene ring substituents is 1. The average Bonchev–Trinajstić information content (AvgIpc) is 2.56. The van der Waals surface area contributed by atoms with Gasteiger partial charge in [0.2, 0.25) is 0 Å². The Labute approximate surface area is 134 Å². The Morgan fingerprint density at radius 2 is 2.04 bits per heavy atom. The molecule has 1 atom stereocenters. The maximum atomic E-state index is 11.0. The maximum Gasteiger partial charge on any atom is 0.269 e. The molecule has 1 fully saturated rings. The monoisotopic (exact) mass is 313 g/mol. The second kappa shape index (κ2) is 6.45. The van der Waals surface area contributed by atoms with E-state index < -0.39 is 10.6 Å².